The minimum absolute atomic E-state index is 0.606. The monoisotopic (exact) mass is 269 g/mol. The number of rotatable bonds is 4. The topological polar surface area (TPSA) is 53.5 Å². The summed E-state index contributed by atoms with van der Waals surface area (Å²) in [5, 5.41) is 0. The third-order valence-corrected chi connectivity index (χ3v) is 4.57. The van der Waals surface area contributed by atoms with E-state index in [2.05, 4.69) is 9.88 Å². The maximum Gasteiger partial charge on any atom is 0.211 e. The van der Waals surface area contributed by atoms with Crippen LogP contribution in [0.3, 0.4) is 0 Å². The lowest BCUT2D eigenvalue weighted by Crippen LogP contribution is -2.48. The lowest BCUT2D eigenvalue weighted by Gasteiger charge is -2.33. The van der Waals surface area contributed by atoms with E-state index < -0.39 is 10.0 Å². The van der Waals surface area contributed by atoms with E-state index in [-0.39, 0.29) is 0 Å². The van der Waals surface area contributed by atoms with Crippen LogP contribution in [-0.4, -0.2) is 61.6 Å². The molecule has 6 heteroatoms. The lowest BCUT2D eigenvalue weighted by atomic mass is 10.2. The molecule has 0 N–H and O–H groups in total. The molecular formula is C12H19N3O2S. The van der Waals surface area contributed by atoms with Gasteiger partial charge in [0, 0.05) is 45.1 Å². The molecule has 0 radical (unpaired) electrons. The van der Waals surface area contributed by atoms with Crippen LogP contribution >= 0.6 is 0 Å². The Morgan fingerprint density at radius 2 is 1.78 bits per heavy atom. The molecule has 1 aliphatic rings. The lowest BCUT2D eigenvalue weighted by molar-refractivity contribution is 0.191. The van der Waals surface area contributed by atoms with Gasteiger partial charge in [-0.05, 0) is 24.1 Å². The van der Waals surface area contributed by atoms with Crippen molar-refractivity contribution in [3.63, 3.8) is 0 Å². The van der Waals surface area contributed by atoms with E-state index in [9.17, 15) is 8.42 Å². The summed E-state index contributed by atoms with van der Waals surface area (Å²) in [4.78, 5) is 6.30. The van der Waals surface area contributed by atoms with Gasteiger partial charge in [-0.1, -0.05) is 0 Å². The summed E-state index contributed by atoms with van der Waals surface area (Å²) < 4.78 is 24.3. The molecule has 1 aliphatic heterocycles. The molecule has 1 fully saturated rings. The van der Waals surface area contributed by atoms with Gasteiger partial charge in [-0.2, -0.15) is 4.31 Å². The van der Waals surface area contributed by atoms with Crippen LogP contribution < -0.4 is 0 Å². The van der Waals surface area contributed by atoms with Crippen LogP contribution in [0.15, 0.2) is 24.5 Å². The van der Waals surface area contributed by atoms with Crippen molar-refractivity contribution in [2.45, 2.75) is 6.42 Å². The number of pyridine rings is 1. The van der Waals surface area contributed by atoms with Gasteiger partial charge in [0.05, 0.1) is 6.26 Å². The fraction of sp³-hybridized carbons (Fsp3) is 0.583. The van der Waals surface area contributed by atoms with Gasteiger partial charge in [0.1, 0.15) is 0 Å². The fourth-order valence-corrected chi connectivity index (χ4v) is 2.95. The number of hydrogen-bond donors (Lipinski definition) is 0. The smallest absolute Gasteiger partial charge is 0.211 e. The highest BCUT2D eigenvalue weighted by Gasteiger charge is 2.22. The third kappa shape index (κ3) is 3.76. The summed E-state index contributed by atoms with van der Waals surface area (Å²) in [6, 6.07) is 4.04. The highest BCUT2D eigenvalue weighted by molar-refractivity contribution is 7.88. The molecule has 0 spiro atoms. The average Bonchev–Trinajstić information content (AvgIpc) is 2.37. The Labute approximate surface area is 108 Å². The molecule has 0 saturated carbocycles. The van der Waals surface area contributed by atoms with Crippen molar-refractivity contribution in [2.75, 3.05) is 39.0 Å². The molecule has 0 aliphatic carbocycles. The molecule has 1 saturated heterocycles. The van der Waals surface area contributed by atoms with Crippen LogP contribution in [0.4, 0.5) is 0 Å². The summed E-state index contributed by atoms with van der Waals surface area (Å²) in [5.74, 6) is 0. The Kier molecular flexibility index (Phi) is 4.31. The normalized spacial score (nSPS) is 18.9. The van der Waals surface area contributed by atoms with Gasteiger partial charge in [-0.25, -0.2) is 8.42 Å². The van der Waals surface area contributed by atoms with Gasteiger partial charge in [-0.15, -0.1) is 0 Å². The molecule has 5 nitrogen and oxygen atoms in total. The van der Waals surface area contributed by atoms with Crippen LogP contribution in [0.2, 0.25) is 0 Å². The Bertz CT molecular complexity index is 467. The van der Waals surface area contributed by atoms with Gasteiger partial charge in [0.25, 0.3) is 0 Å². The number of sulfonamides is 1. The van der Waals surface area contributed by atoms with Gasteiger partial charge >= 0.3 is 0 Å². The van der Waals surface area contributed by atoms with Gasteiger partial charge in [0.2, 0.25) is 10.0 Å². The predicted octanol–water partition coefficient (Wildman–Crippen LogP) is 0.201. The minimum Gasteiger partial charge on any atom is -0.300 e. The standard InChI is InChI=1S/C12H19N3O2S/c1-18(16,17)15-10-8-14(9-11-15)7-4-12-2-5-13-6-3-12/h2-3,5-6H,4,7-11H2,1H3. The third-order valence-electron chi connectivity index (χ3n) is 3.27. The first kappa shape index (κ1) is 13.5. The summed E-state index contributed by atoms with van der Waals surface area (Å²) in [6.45, 7) is 3.82. The zero-order chi connectivity index (χ0) is 13.0. The molecule has 100 valence electrons. The second-order valence-electron chi connectivity index (χ2n) is 4.61. The molecule has 2 heterocycles. The Morgan fingerprint density at radius 3 is 2.33 bits per heavy atom. The SMILES string of the molecule is CS(=O)(=O)N1CCN(CCc2ccncc2)CC1. The first-order chi connectivity index (χ1) is 8.55. The molecule has 18 heavy (non-hydrogen) atoms. The molecule has 0 bridgehead atoms. The zero-order valence-electron chi connectivity index (χ0n) is 10.6. The van der Waals surface area contributed by atoms with E-state index in [0.29, 0.717) is 13.1 Å². The summed E-state index contributed by atoms with van der Waals surface area (Å²) in [5.41, 5.74) is 1.27. The van der Waals surface area contributed by atoms with Crippen molar-refractivity contribution >= 4 is 10.0 Å². The van der Waals surface area contributed by atoms with E-state index >= 15 is 0 Å². The first-order valence-electron chi connectivity index (χ1n) is 6.12. The molecule has 1 aromatic rings. The van der Waals surface area contributed by atoms with Crippen molar-refractivity contribution in [2.24, 2.45) is 0 Å². The fourth-order valence-electron chi connectivity index (χ4n) is 2.12. The minimum atomic E-state index is -3.02. The van der Waals surface area contributed by atoms with E-state index in [4.69, 9.17) is 0 Å². The van der Waals surface area contributed by atoms with Crippen molar-refractivity contribution in [1.82, 2.24) is 14.2 Å². The van der Waals surface area contributed by atoms with Crippen LogP contribution in [0, 0.1) is 0 Å². The second-order valence-corrected chi connectivity index (χ2v) is 6.59. The molecule has 1 aromatic heterocycles. The molecule has 0 unspecified atom stereocenters. The number of hydrogen-bond acceptors (Lipinski definition) is 4. The first-order valence-corrected chi connectivity index (χ1v) is 7.97. The largest absolute Gasteiger partial charge is 0.300 e. The van der Waals surface area contributed by atoms with Gasteiger partial charge in [0.15, 0.2) is 0 Å². The number of nitrogens with zero attached hydrogens (tertiary/aromatic N) is 3. The van der Waals surface area contributed by atoms with Gasteiger partial charge < -0.3 is 4.90 Å². The van der Waals surface area contributed by atoms with E-state index in [1.165, 1.54) is 11.8 Å². The highest BCUT2D eigenvalue weighted by Crippen LogP contribution is 2.07. The van der Waals surface area contributed by atoms with E-state index in [1.54, 1.807) is 16.7 Å². The number of aromatic nitrogens is 1. The van der Waals surface area contributed by atoms with E-state index in [0.717, 1.165) is 26.1 Å². The quantitative estimate of drug-likeness (QED) is 0.783. The zero-order valence-corrected chi connectivity index (χ0v) is 11.4. The van der Waals surface area contributed by atoms with Crippen molar-refractivity contribution in [3.05, 3.63) is 30.1 Å². The molecule has 2 rings (SSSR count). The van der Waals surface area contributed by atoms with Gasteiger partial charge in [-0.3, -0.25) is 4.98 Å². The van der Waals surface area contributed by atoms with Crippen LogP contribution in [-0.2, 0) is 16.4 Å². The predicted molar refractivity (Wildman–Crippen MR) is 70.8 cm³/mol. The Hall–Kier alpha value is -0.980. The molecule has 0 atom stereocenters. The molecular weight excluding hydrogens is 250 g/mol. The second kappa shape index (κ2) is 5.77. The van der Waals surface area contributed by atoms with Crippen LogP contribution in [0.5, 0.6) is 0 Å². The molecule has 0 aromatic carbocycles. The summed E-state index contributed by atoms with van der Waals surface area (Å²) in [7, 11) is -3.02. The van der Waals surface area contributed by atoms with Crippen LogP contribution in [0.1, 0.15) is 5.56 Å². The van der Waals surface area contributed by atoms with Crippen molar-refractivity contribution in [1.29, 1.82) is 0 Å². The van der Waals surface area contributed by atoms with Crippen molar-refractivity contribution < 1.29 is 8.42 Å². The summed E-state index contributed by atoms with van der Waals surface area (Å²) in [6.07, 6.45) is 5.87. The molecule has 0 amide bonds. The number of piperazine rings is 1. The Morgan fingerprint density at radius 1 is 1.17 bits per heavy atom. The highest BCUT2D eigenvalue weighted by atomic mass is 32.2. The maximum absolute atomic E-state index is 11.4. The van der Waals surface area contributed by atoms with E-state index in [1.807, 2.05) is 12.1 Å². The van der Waals surface area contributed by atoms with Crippen molar-refractivity contribution in [3.8, 4) is 0 Å². The Balaban J connectivity index is 1.78. The maximum atomic E-state index is 11.4. The summed E-state index contributed by atoms with van der Waals surface area (Å²) >= 11 is 0. The average molecular weight is 269 g/mol. The van der Waals surface area contributed by atoms with Crippen LogP contribution in [0.25, 0.3) is 0 Å².